The van der Waals surface area contributed by atoms with Crippen molar-refractivity contribution in [2.24, 2.45) is 7.05 Å². The van der Waals surface area contributed by atoms with Crippen LogP contribution in [0.15, 0.2) is 30.6 Å². The van der Waals surface area contributed by atoms with E-state index >= 15 is 0 Å². The van der Waals surface area contributed by atoms with Crippen LogP contribution in [-0.4, -0.2) is 32.2 Å². The second-order valence-electron chi connectivity index (χ2n) is 7.76. The summed E-state index contributed by atoms with van der Waals surface area (Å²) in [6.07, 6.45) is 7.93. The van der Waals surface area contributed by atoms with E-state index in [1.807, 2.05) is 29.9 Å². The molecule has 1 saturated carbocycles. The molecule has 4 heterocycles. The van der Waals surface area contributed by atoms with E-state index in [0.29, 0.717) is 18.0 Å². The van der Waals surface area contributed by atoms with Crippen LogP contribution < -0.4 is 10.6 Å². The molecule has 7 heteroatoms. The molecule has 2 fully saturated rings. The van der Waals surface area contributed by atoms with Gasteiger partial charge in [0.25, 0.3) is 5.91 Å². The van der Waals surface area contributed by atoms with E-state index in [4.69, 9.17) is 10.1 Å². The molecule has 0 aromatic carbocycles. The smallest absolute Gasteiger partial charge is 0.252 e. The molecule has 1 amide bonds. The number of nitrogens with zero attached hydrogens (tertiary/aromatic N) is 4. The number of hydrogen-bond acceptors (Lipinski definition) is 5. The van der Waals surface area contributed by atoms with Crippen molar-refractivity contribution < 1.29 is 4.79 Å². The topological polar surface area (TPSA) is 84.7 Å². The molecule has 1 unspecified atom stereocenters. The molecule has 1 aliphatic heterocycles. The molecule has 2 N–H and O–H groups in total. The maximum Gasteiger partial charge on any atom is 0.252 e. The Bertz CT molecular complexity index is 1020. The van der Waals surface area contributed by atoms with Gasteiger partial charge in [-0.1, -0.05) is 0 Å². The molecule has 7 nitrogen and oxygen atoms in total. The van der Waals surface area contributed by atoms with Crippen LogP contribution in [0.2, 0.25) is 0 Å². The summed E-state index contributed by atoms with van der Waals surface area (Å²) in [4.78, 5) is 22.1. The molecule has 1 saturated heterocycles. The van der Waals surface area contributed by atoms with Crippen molar-refractivity contribution in [2.45, 2.75) is 44.2 Å². The second kappa shape index (κ2) is 6.98. The largest absolute Gasteiger partial charge is 0.348 e. The average Bonchev–Trinajstić information content (AvgIpc) is 3.33. The predicted octanol–water partition coefficient (Wildman–Crippen LogP) is 2.60. The van der Waals surface area contributed by atoms with Crippen LogP contribution in [0.5, 0.6) is 0 Å². The average molecular weight is 376 g/mol. The molecule has 0 radical (unpaired) electrons. The van der Waals surface area contributed by atoms with E-state index in [9.17, 15) is 4.79 Å². The third-order valence-corrected chi connectivity index (χ3v) is 5.67. The minimum Gasteiger partial charge on any atom is -0.348 e. The Morgan fingerprint density at radius 2 is 2.11 bits per heavy atom. The molecule has 0 spiro atoms. The van der Waals surface area contributed by atoms with Crippen molar-refractivity contribution >= 4 is 16.9 Å². The number of nitrogens with one attached hydrogen (secondary N) is 2. The van der Waals surface area contributed by atoms with Crippen molar-refractivity contribution in [2.75, 3.05) is 6.54 Å². The van der Waals surface area contributed by atoms with Gasteiger partial charge in [-0.3, -0.25) is 14.5 Å². The molecule has 28 heavy (non-hydrogen) atoms. The summed E-state index contributed by atoms with van der Waals surface area (Å²) in [6.45, 7) is 1.46. The highest BCUT2D eigenvalue weighted by molar-refractivity contribution is 6.06. The summed E-state index contributed by atoms with van der Waals surface area (Å²) in [6, 6.07) is 6.00. The molecule has 5 rings (SSSR count). The minimum atomic E-state index is -0.0710. The summed E-state index contributed by atoms with van der Waals surface area (Å²) in [5.74, 6) is 0.400. The fourth-order valence-corrected chi connectivity index (χ4v) is 4.00. The molecule has 3 aromatic heterocycles. The van der Waals surface area contributed by atoms with Gasteiger partial charge in [0.15, 0.2) is 5.65 Å². The first kappa shape index (κ1) is 17.3. The van der Waals surface area contributed by atoms with Gasteiger partial charge < -0.3 is 10.6 Å². The van der Waals surface area contributed by atoms with Gasteiger partial charge in [-0.05, 0) is 56.0 Å². The zero-order valence-corrected chi connectivity index (χ0v) is 16.0. The quantitative estimate of drug-likeness (QED) is 0.715. The van der Waals surface area contributed by atoms with Crippen LogP contribution in [0.4, 0.5) is 0 Å². The molecule has 2 aliphatic rings. The molecule has 1 atom stereocenters. The predicted molar refractivity (Wildman–Crippen MR) is 106 cm³/mol. The standard InChI is InChI=1S/C21H24N6O/c1-27-20-18(19(26-27)16-3-2-8-23-16)15(11-17(25-20)14-4-5-14)21(28)24-12-13-6-9-22-10-7-13/h6-7,9-11,14,16,23H,2-5,8,12H2,1H3,(H,24,28). The van der Waals surface area contributed by atoms with Crippen molar-refractivity contribution in [1.29, 1.82) is 0 Å². The Hall–Kier alpha value is -2.80. The number of fused-ring (bicyclic) bond motifs is 1. The van der Waals surface area contributed by atoms with Crippen LogP contribution in [0.3, 0.4) is 0 Å². The van der Waals surface area contributed by atoms with Crippen molar-refractivity contribution in [3.63, 3.8) is 0 Å². The minimum absolute atomic E-state index is 0.0710. The molecule has 0 bridgehead atoms. The number of carbonyl (C=O) groups is 1. The lowest BCUT2D eigenvalue weighted by molar-refractivity contribution is 0.0952. The van der Waals surface area contributed by atoms with E-state index < -0.39 is 0 Å². The summed E-state index contributed by atoms with van der Waals surface area (Å²) < 4.78 is 1.83. The van der Waals surface area contributed by atoms with Gasteiger partial charge in [-0.2, -0.15) is 5.10 Å². The molecular weight excluding hydrogens is 352 g/mol. The summed E-state index contributed by atoms with van der Waals surface area (Å²) in [5, 5.41) is 12.2. The molecular formula is C21H24N6O. The monoisotopic (exact) mass is 376 g/mol. The highest BCUT2D eigenvalue weighted by Crippen LogP contribution is 2.41. The fraction of sp³-hybridized carbons (Fsp3) is 0.429. The van der Waals surface area contributed by atoms with Crippen LogP contribution in [0.1, 0.15) is 65.0 Å². The third kappa shape index (κ3) is 3.16. The first-order chi connectivity index (χ1) is 13.7. The normalized spacial score (nSPS) is 19.2. The maximum absolute atomic E-state index is 13.2. The lowest BCUT2D eigenvalue weighted by atomic mass is 10.0. The van der Waals surface area contributed by atoms with E-state index in [1.54, 1.807) is 12.4 Å². The SMILES string of the molecule is Cn1nc(C2CCCN2)c2c(C(=O)NCc3ccncc3)cc(C3CC3)nc21. The van der Waals surface area contributed by atoms with Crippen LogP contribution >= 0.6 is 0 Å². The number of pyridine rings is 2. The fourth-order valence-electron chi connectivity index (χ4n) is 4.00. The number of rotatable bonds is 5. The Morgan fingerprint density at radius 1 is 1.29 bits per heavy atom. The van der Waals surface area contributed by atoms with E-state index in [2.05, 4.69) is 15.6 Å². The van der Waals surface area contributed by atoms with E-state index in [0.717, 1.165) is 60.2 Å². The first-order valence-electron chi connectivity index (χ1n) is 9.98. The number of carbonyl (C=O) groups excluding carboxylic acids is 1. The van der Waals surface area contributed by atoms with Crippen LogP contribution in [0, 0.1) is 0 Å². The number of aromatic nitrogens is 4. The van der Waals surface area contributed by atoms with Gasteiger partial charge in [0.1, 0.15) is 0 Å². The Kier molecular flexibility index (Phi) is 4.31. The van der Waals surface area contributed by atoms with E-state index in [1.165, 1.54) is 0 Å². The lowest BCUT2D eigenvalue weighted by Crippen LogP contribution is -2.24. The highest BCUT2D eigenvalue weighted by Gasteiger charge is 2.31. The molecule has 1 aliphatic carbocycles. The zero-order valence-electron chi connectivity index (χ0n) is 16.0. The second-order valence-corrected chi connectivity index (χ2v) is 7.76. The highest BCUT2D eigenvalue weighted by atomic mass is 16.1. The van der Waals surface area contributed by atoms with Gasteiger partial charge in [-0.25, -0.2) is 4.98 Å². The molecule has 144 valence electrons. The number of amides is 1. The summed E-state index contributed by atoms with van der Waals surface area (Å²) in [7, 11) is 1.92. The van der Waals surface area contributed by atoms with Crippen LogP contribution in [-0.2, 0) is 13.6 Å². The van der Waals surface area contributed by atoms with Gasteiger partial charge >= 0.3 is 0 Å². The maximum atomic E-state index is 13.2. The first-order valence-corrected chi connectivity index (χ1v) is 9.98. The van der Waals surface area contributed by atoms with Gasteiger partial charge in [0.2, 0.25) is 0 Å². The third-order valence-electron chi connectivity index (χ3n) is 5.67. The molecule has 3 aromatic rings. The van der Waals surface area contributed by atoms with Crippen molar-refractivity contribution in [1.82, 2.24) is 30.4 Å². The van der Waals surface area contributed by atoms with Crippen molar-refractivity contribution in [3.05, 3.63) is 53.1 Å². The van der Waals surface area contributed by atoms with Gasteiger partial charge in [0.05, 0.1) is 22.7 Å². The van der Waals surface area contributed by atoms with Gasteiger partial charge in [-0.15, -0.1) is 0 Å². The number of aryl methyl sites for hydroxylation is 1. The Morgan fingerprint density at radius 3 is 2.82 bits per heavy atom. The summed E-state index contributed by atoms with van der Waals surface area (Å²) >= 11 is 0. The summed E-state index contributed by atoms with van der Waals surface area (Å²) in [5.41, 5.74) is 4.48. The Balaban J connectivity index is 1.55. The Labute approximate surface area is 163 Å². The van der Waals surface area contributed by atoms with Crippen LogP contribution in [0.25, 0.3) is 11.0 Å². The van der Waals surface area contributed by atoms with Crippen molar-refractivity contribution in [3.8, 4) is 0 Å². The lowest BCUT2D eigenvalue weighted by Gasteiger charge is -2.12. The van der Waals surface area contributed by atoms with E-state index in [-0.39, 0.29) is 11.9 Å². The zero-order chi connectivity index (χ0) is 19.1. The van der Waals surface area contributed by atoms with Gasteiger partial charge in [0, 0.05) is 37.6 Å². The number of hydrogen-bond donors (Lipinski definition) is 2.